The quantitative estimate of drug-likeness (QED) is 0.0478. The zero-order chi connectivity index (χ0) is 63.2. The molecule has 0 aliphatic carbocycles. The number of benzene rings is 1. The molecule has 0 amide bonds. The summed E-state index contributed by atoms with van der Waals surface area (Å²) in [5, 5.41) is 10.0. The van der Waals surface area contributed by atoms with Crippen molar-refractivity contribution < 1.29 is 43.1 Å². The number of esters is 2. The number of aryl methyl sites for hydroxylation is 1. The number of nitrogens with one attached hydrogen (secondary N) is 1. The fraction of sp³-hybridized carbons (Fsp3) is 0.840. The topological polar surface area (TPSA) is 165 Å². The lowest BCUT2D eigenvalue weighted by Crippen LogP contribution is -2.33. The summed E-state index contributed by atoms with van der Waals surface area (Å²) in [6.45, 7) is 9.58. The van der Waals surface area contributed by atoms with Crippen LogP contribution < -0.4 is 25.5 Å². The maximum absolute atomic E-state index is 13.3. The minimum atomic E-state index is -0.887. The highest BCUT2D eigenvalue weighted by atomic mass is 16.6. The molecular weight excluding hydrogens is 1100 g/mol. The van der Waals surface area contributed by atoms with Gasteiger partial charge in [0.2, 0.25) is 5.75 Å². The molecule has 2 N–H and O–H groups in total. The molecule has 1 aromatic heterocycles. The zero-order valence-electron chi connectivity index (χ0n) is 57.0. The molecule has 0 unspecified atom stereocenters. The molecule has 88 heavy (non-hydrogen) atoms. The predicted molar refractivity (Wildman–Crippen MR) is 362 cm³/mol. The summed E-state index contributed by atoms with van der Waals surface area (Å²) in [6.07, 6.45) is 61.1. The van der Waals surface area contributed by atoms with E-state index in [1.165, 1.54) is 280 Å². The Morgan fingerprint density at radius 3 is 1.17 bits per heavy atom. The van der Waals surface area contributed by atoms with E-state index in [2.05, 4.69) is 25.8 Å². The Labute approximate surface area is 536 Å². The maximum Gasteiger partial charge on any atom is 0.330 e. The number of rotatable bonds is 62. The van der Waals surface area contributed by atoms with Gasteiger partial charge >= 0.3 is 17.6 Å². The fourth-order valence-electron chi connectivity index (χ4n) is 12.2. The van der Waals surface area contributed by atoms with E-state index in [0.717, 1.165) is 38.5 Å². The number of hydrogen-bond donors (Lipinski definition) is 2. The molecule has 3 atom stereocenters. The van der Waals surface area contributed by atoms with Crippen molar-refractivity contribution in [3.63, 3.8) is 0 Å². The van der Waals surface area contributed by atoms with Crippen molar-refractivity contribution in [2.24, 2.45) is 0 Å². The van der Waals surface area contributed by atoms with Gasteiger partial charge in [-0.25, -0.2) is 4.79 Å². The fourth-order valence-corrected chi connectivity index (χ4v) is 12.2. The third-order valence-corrected chi connectivity index (χ3v) is 17.9. The van der Waals surface area contributed by atoms with Crippen molar-refractivity contribution in [1.82, 2.24) is 9.55 Å². The van der Waals surface area contributed by atoms with Crippen LogP contribution in [0.5, 0.6) is 17.2 Å². The third-order valence-electron chi connectivity index (χ3n) is 17.9. The van der Waals surface area contributed by atoms with E-state index in [1.54, 1.807) is 6.92 Å². The first-order valence-corrected chi connectivity index (χ1v) is 37.2. The molecule has 1 fully saturated rings. The molecule has 0 bridgehead atoms. The van der Waals surface area contributed by atoms with Crippen LogP contribution in [0, 0.1) is 6.92 Å². The number of ether oxygens (including phenoxy) is 6. The molecule has 508 valence electrons. The molecule has 0 spiro atoms. The third kappa shape index (κ3) is 39.4. The summed E-state index contributed by atoms with van der Waals surface area (Å²) in [5.41, 5.74) is -0.139. The SMILES string of the molecule is CCCCCCCCCCCCCCCCCCOc1cc(COC(=O)CCC(=O)O[C@H]2C[C@H](n3cc(C)c(=O)[nH]c3=O)O[C@@H]2CO)cc(OCCCCCCCCCCCCCCCCCC)c1OCCCCCCCCCCCCCCCCCC. The van der Waals surface area contributed by atoms with E-state index in [1.807, 2.05) is 12.1 Å². The van der Waals surface area contributed by atoms with E-state index in [0.29, 0.717) is 48.2 Å². The van der Waals surface area contributed by atoms with Crippen LogP contribution in [0.2, 0.25) is 0 Å². The number of hydrogen-bond acceptors (Lipinski definition) is 11. The van der Waals surface area contributed by atoms with Crippen LogP contribution >= 0.6 is 0 Å². The summed E-state index contributed by atoms with van der Waals surface area (Å²) in [4.78, 5) is 53.1. The van der Waals surface area contributed by atoms with Crippen LogP contribution in [0.1, 0.15) is 366 Å². The van der Waals surface area contributed by atoms with Gasteiger partial charge in [0.1, 0.15) is 25.0 Å². The lowest BCUT2D eigenvalue weighted by atomic mass is 10.0. The van der Waals surface area contributed by atoms with Crippen LogP contribution in [0.4, 0.5) is 0 Å². The number of nitrogens with zero attached hydrogens (tertiary/aromatic N) is 1. The van der Waals surface area contributed by atoms with Gasteiger partial charge in [0.15, 0.2) is 11.5 Å². The Morgan fingerprint density at radius 1 is 0.489 bits per heavy atom. The van der Waals surface area contributed by atoms with Gasteiger partial charge in [0.25, 0.3) is 5.56 Å². The lowest BCUT2D eigenvalue weighted by Gasteiger charge is -2.19. The van der Waals surface area contributed by atoms with Crippen molar-refractivity contribution in [1.29, 1.82) is 0 Å². The largest absolute Gasteiger partial charge is 0.490 e. The minimum Gasteiger partial charge on any atom is -0.490 e. The first-order valence-electron chi connectivity index (χ1n) is 37.2. The number of aromatic amines is 1. The monoisotopic (exact) mass is 1240 g/mol. The van der Waals surface area contributed by atoms with E-state index in [9.17, 15) is 24.3 Å². The summed E-state index contributed by atoms with van der Waals surface area (Å²) >= 11 is 0. The van der Waals surface area contributed by atoms with E-state index in [4.69, 9.17) is 28.4 Å². The second kappa shape index (κ2) is 54.9. The van der Waals surface area contributed by atoms with Gasteiger partial charge < -0.3 is 33.5 Å². The van der Waals surface area contributed by atoms with Gasteiger partial charge in [-0.05, 0) is 43.9 Å². The summed E-state index contributed by atoms with van der Waals surface area (Å²) in [7, 11) is 0. The second-order valence-electron chi connectivity index (χ2n) is 26.1. The highest BCUT2D eigenvalue weighted by molar-refractivity contribution is 5.77. The Bertz CT molecular complexity index is 2050. The molecule has 0 saturated carbocycles. The number of carbonyl (C=O) groups is 2. The maximum atomic E-state index is 13.3. The van der Waals surface area contributed by atoms with Gasteiger partial charge in [-0.1, -0.05) is 310 Å². The van der Waals surface area contributed by atoms with Crippen LogP contribution in [0.25, 0.3) is 0 Å². The van der Waals surface area contributed by atoms with E-state index < -0.39 is 48.2 Å². The predicted octanol–water partition coefficient (Wildman–Crippen LogP) is 20.5. The van der Waals surface area contributed by atoms with Gasteiger partial charge in [-0.15, -0.1) is 0 Å². The number of carbonyl (C=O) groups excluding carboxylic acids is 2. The van der Waals surface area contributed by atoms with Crippen molar-refractivity contribution in [2.45, 2.75) is 380 Å². The summed E-state index contributed by atoms with van der Waals surface area (Å²) in [6, 6.07) is 3.83. The van der Waals surface area contributed by atoms with Gasteiger partial charge in [-0.2, -0.15) is 0 Å². The molecule has 13 nitrogen and oxygen atoms in total. The highest BCUT2D eigenvalue weighted by Crippen LogP contribution is 2.40. The molecule has 1 aliphatic heterocycles. The highest BCUT2D eigenvalue weighted by Gasteiger charge is 2.39. The van der Waals surface area contributed by atoms with Crippen LogP contribution in [0.15, 0.2) is 27.9 Å². The molecule has 0 radical (unpaired) electrons. The van der Waals surface area contributed by atoms with Crippen LogP contribution in [-0.2, 0) is 30.4 Å². The first-order chi connectivity index (χ1) is 43.2. The molecule has 2 heterocycles. The summed E-state index contributed by atoms with van der Waals surface area (Å²) < 4.78 is 38.4. The molecule has 1 aliphatic rings. The smallest absolute Gasteiger partial charge is 0.330 e. The van der Waals surface area contributed by atoms with E-state index >= 15 is 0 Å². The Kier molecular flexibility index (Phi) is 48.9. The molecule has 1 aromatic carbocycles. The Hall–Kier alpha value is -3.84. The Balaban J connectivity index is 1.58. The molecule has 3 rings (SSSR count). The molecule has 2 aromatic rings. The average Bonchev–Trinajstić information content (AvgIpc) is 2.06. The molecule has 1 saturated heterocycles. The molecular formula is C75H132N2O11. The van der Waals surface area contributed by atoms with Crippen LogP contribution in [-0.4, -0.2) is 65.2 Å². The van der Waals surface area contributed by atoms with Crippen LogP contribution in [0.3, 0.4) is 0 Å². The number of aromatic nitrogens is 2. The van der Waals surface area contributed by atoms with Crippen molar-refractivity contribution in [3.8, 4) is 17.2 Å². The van der Waals surface area contributed by atoms with Gasteiger partial charge in [0.05, 0.1) is 39.3 Å². The standard InChI is InChI=1S/C75H132N2O11/c1-5-8-11-14-17-20-23-26-29-32-35-38-41-44-47-50-55-83-67-58-65(63-86-71(79)53-54-72(80)88-66-60-70(87-69(66)62-78)77-61-64(4)74(81)76-75(77)82)59-68(84-56-51-48-45-42-39-36-33-30-27-24-21-18-15-12-9-6-2)73(67)85-57-52-49-46-43-40-37-34-31-28-25-22-19-16-13-10-7-3/h58-59,61,66,69-70,78H,5-57,60,62-63H2,1-4H3,(H,76,81,82)/t66-,69+,70+/m0/s1. The van der Waals surface area contributed by atoms with Crippen molar-refractivity contribution >= 4 is 11.9 Å². The Morgan fingerprint density at radius 2 is 0.818 bits per heavy atom. The minimum absolute atomic E-state index is 0.0455. The average molecular weight is 1240 g/mol. The van der Waals surface area contributed by atoms with Crippen molar-refractivity contribution in [2.75, 3.05) is 26.4 Å². The normalized spacial score (nSPS) is 14.9. The van der Waals surface area contributed by atoms with Crippen molar-refractivity contribution in [3.05, 3.63) is 50.3 Å². The van der Waals surface area contributed by atoms with E-state index in [-0.39, 0.29) is 25.9 Å². The lowest BCUT2D eigenvalue weighted by molar-refractivity contribution is -0.157. The first kappa shape index (κ1) is 78.4. The number of aliphatic hydroxyl groups excluding tert-OH is 1. The van der Waals surface area contributed by atoms with Gasteiger partial charge in [-0.3, -0.25) is 23.9 Å². The second-order valence-corrected chi connectivity index (χ2v) is 26.1. The van der Waals surface area contributed by atoms with Gasteiger partial charge in [0, 0.05) is 18.2 Å². The number of aliphatic hydroxyl groups is 1. The number of H-pyrrole nitrogens is 1. The number of unbranched alkanes of at least 4 members (excludes halogenated alkanes) is 45. The summed E-state index contributed by atoms with van der Waals surface area (Å²) in [5.74, 6) is 0.598. The zero-order valence-corrected chi connectivity index (χ0v) is 57.0. The molecule has 13 heteroatoms.